The smallest absolute Gasteiger partial charge is 0.0351 e. The predicted molar refractivity (Wildman–Crippen MR) is 82.7 cm³/mol. The van der Waals surface area contributed by atoms with Crippen LogP contribution in [0.4, 0.5) is 5.69 Å². The van der Waals surface area contributed by atoms with E-state index in [2.05, 4.69) is 41.3 Å². The number of rotatable bonds is 1. The first kappa shape index (κ1) is 12.0. The van der Waals surface area contributed by atoms with E-state index in [0.29, 0.717) is 12.0 Å². The van der Waals surface area contributed by atoms with Crippen LogP contribution in [0.15, 0.2) is 48.5 Å². The second-order valence-electron chi connectivity index (χ2n) is 6.00. The van der Waals surface area contributed by atoms with Crippen molar-refractivity contribution in [3.8, 4) is 0 Å². The number of hydrogen-bond acceptors (Lipinski definition) is 2. The normalized spacial score (nSPS) is 25.2. The van der Waals surface area contributed by atoms with Crippen molar-refractivity contribution in [3.63, 3.8) is 0 Å². The van der Waals surface area contributed by atoms with Crippen molar-refractivity contribution < 1.29 is 0 Å². The molecule has 0 amide bonds. The van der Waals surface area contributed by atoms with Gasteiger partial charge in [-0.3, -0.25) is 4.90 Å². The van der Waals surface area contributed by atoms with Gasteiger partial charge in [0.25, 0.3) is 0 Å². The molecule has 1 fully saturated rings. The molecule has 2 aromatic rings. The molecular weight excluding hydrogens is 244 g/mol. The molecular formula is C18H20N2. The van der Waals surface area contributed by atoms with Crippen molar-refractivity contribution in [1.82, 2.24) is 4.90 Å². The van der Waals surface area contributed by atoms with Crippen LogP contribution in [0, 0.1) is 0 Å². The maximum atomic E-state index is 5.83. The van der Waals surface area contributed by atoms with E-state index < -0.39 is 0 Å². The van der Waals surface area contributed by atoms with Gasteiger partial charge in [-0.15, -0.1) is 0 Å². The number of hydrogen-bond donors (Lipinski definition) is 1. The Kier molecular flexibility index (Phi) is 2.78. The van der Waals surface area contributed by atoms with Crippen molar-refractivity contribution in [2.75, 3.05) is 18.8 Å². The van der Waals surface area contributed by atoms with E-state index >= 15 is 0 Å². The topological polar surface area (TPSA) is 29.3 Å². The van der Waals surface area contributed by atoms with Crippen LogP contribution in [-0.4, -0.2) is 18.0 Å². The van der Waals surface area contributed by atoms with Crippen LogP contribution in [0.2, 0.25) is 0 Å². The summed E-state index contributed by atoms with van der Waals surface area (Å²) in [5.41, 5.74) is 11.1. The van der Waals surface area contributed by atoms with E-state index in [4.69, 9.17) is 5.73 Å². The lowest BCUT2D eigenvalue weighted by Gasteiger charge is -2.37. The molecule has 0 spiro atoms. The molecule has 2 nitrogen and oxygen atoms in total. The van der Waals surface area contributed by atoms with Crippen LogP contribution in [-0.2, 0) is 0 Å². The Hall–Kier alpha value is -1.80. The summed E-state index contributed by atoms with van der Waals surface area (Å²) in [7, 11) is 0. The summed E-state index contributed by atoms with van der Waals surface area (Å²) in [6.45, 7) is 2.38. The Balaban J connectivity index is 1.80. The van der Waals surface area contributed by atoms with Crippen LogP contribution in [0.1, 0.15) is 41.5 Å². The van der Waals surface area contributed by atoms with E-state index in [1.165, 1.54) is 36.1 Å². The molecule has 1 saturated heterocycles. The maximum Gasteiger partial charge on any atom is 0.0351 e. The highest BCUT2D eigenvalue weighted by Crippen LogP contribution is 2.43. The monoisotopic (exact) mass is 264 g/mol. The molecule has 0 bridgehead atoms. The minimum Gasteiger partial charge on any atom is -0.399 e. The number of anilines is 1. The van der Waals surface area contributed by atoms with Gasteiger partial charge in [0.05, 0.1) is 0 Å². The van der Waals surface area contributed by atoms with Gasteiger partial charge in [-0.25, -0.2) is 0 Å². The van der Waals surface area contributed by atoms with Gasteiger partial charge in [-0.2, -0.15) is 0 Å². The highest BCUT2D eigenvalue weighted by atomic mass is 15.2. The van der Waals surface area contributed by atoms with Crippen molar-refractivity contribution in [2.45, 2.75) is 24.8 Å². The first-order valence-corrected chi connectivity index (χ1v) is 7.51. The quantitative estimate of drug-likeness (QED) is 0.798. The largest absolute Gasteiger partial charge is 0.399 e. The van der Waals surface area contributed by atoms with E-state index in [1.54, 1.807) is 0 Å². The molecule has 2 aliphatic heterocycles. The molecule has 20 heavy (non-hydrogen) atoms. The van der Waals surface area contributed by atoms with Crippen molar-refractivity contribution >= 4 is 5.69 Å². The second kappa shape index (κ2) is 4.64. The third-order valence-corrected chi connectivity index (χ3v) is 4.85. The fourth-order valence-electron chi connectivity index (χ4n) is 3.87. The van der Waals surface area contributed by atoms with E-state index in [0.717, 1.165) is 12.2 Å². The average Bonchev–Trinajstić information content (AvgIpc) is 2.96. The first-order chi connectivity index (χ1) is 9.83. The zero-order valence-corrected chi connectivity index (χ0v) is 11.6. The summed E-state index contributed by atoms with van der Waals surface area (Å²) in [5, 5.41) is 0. The van der Waals surface area contributed by atoms with Crippen LogP contribution < -0.4 is 5.73 Å². The minimum atomic E-state index is 0.487. The molecule has 2 N–H and O–H groups in total. The first-order valence-electron chi connectivity index (χ1n) is 7.51. The Labute approximate surface area is 120 Å². The van der Waals surface area contributed by atoms with Gasteiger partial charge in [-0.1, -0.05) is 36.4 Å². The lowest BCUT2D eigenvalue weighted by atomic mass is 9.81. The number of nitrogens with two attached hydrogens (primary N) is 1. The van der Waals surface area contributed by atoms with Gasteiger partial charge in [0.2, 0.25) is 0 Å². The Bertz CT molecular complexity index is 618. The number of benzene rings is 2. The molecule has 102 valence electrons. The minimum absolute atomic E-state index is 0.487. The molecule has 2 aliphatic rings. The fraction of sp³-hybridized carbons (Fsp3) is 0.333. The maximum absolute atomic E-state index is 5.83. The summed E-state index contributed by atoms with van der Waals surface area (Å²) in [6.07, 6.45) is 2.64. The third kappa shape index (κ3) is 1.83. The van der Waals surface area contributed by atoms with Crippen molar-refractivity contribution in [1.29, 1.82) is 0 Å². The van der Waals surface area contributed by atoms with Crippen molar-refractivity contribution in [3.05, 3.63) is 65.2 Å². The van der Waals surface area contributed by atoms with E-state index in [1.807, 2.05) is 12.1 Å². The number of nitrogens with zero attached hydrogens (tertiary/aromatic N) is 1. The fourth-order valence-corrected chi connectivity index (χ4v) is 3.87. The predicted octanol–water partition coefficient (Wildman–Crippen LogP) is 3.55. The standard InChI is InChI=1S/C18H20N2/c19-14-9-7-13(8-10-14)17-12-20-11-3-6-18(20)16-5-2-1-4-15(16)17/h1-2,4-5,7-10,17-18H,3,6,11-12,19H2/t17?,18-/m1/s1. The average molecular weight is 264 g/mol. The van der Waals surface area contributed by atoms with Crippen LogP contribution >= 0.6 is 0 Å². The van der Waals surface area contributed by atoms with Gasteiger partial charge >= 0.3 is 0 Å². The van der Waals surface area contributed by atoms with Crippen molar-refractivity contribution in [2.24, 2.45) is 0 Å². The summed E-state index contributed by atoms with van der Waals surface area (Å²) >= 11 is 0. The van der Waals surface area contributed by atoms with Gasteiger partial charge in [0, 0.05) is 24.2 Å². The molecule has 2 heteroatoms. The van der Waals surface area contributed by atoms with Gasteiger partial charge in [0.15, 0.2) is 0 Å². The molecule has 4 rings (SSSR count). The molecule has 2 heterocycles. The Morgan fingerprint density at radius 2 is 1.70 bits per heavy atom. The van der Waals surface area contributed by atoms with E-state index in [9.17, 15) is 0 Å². The Morgan fingerprint density at radius 1 is 0.950 bits per heavy atom. The molecule has 2 atom stereocenters. The molecule has 0 aliphatic carbocycles. The van der Waals surface area contributed by atoms with E-state index in [-0.39, 0.29) is 0 Å². The molecule has 1 unspecified atom stereocenters. The molecule has 0 aromatic heterocycles. The highest BCUT2D eigenvalue weighted by molar-refractivity contribution is 5.46. The molecule has 2 aromatic carbocycles. The summed E-state index contributed by atoms with van der Waals surface area (Å²) < 4.78 is 0. The number of nitrogen functional groups attached to an aromatic ring is 1. The van der Waals surface area contributed by atoms with Crippen LogP contribution in [0.5, 0.6) is 0 Å². The zero-order chi connectivity index (χ0) is 13.5. The third-order valence-electron chi connectivity index (χ3n) is 4.85. The summed E-state index contributed by atoms with van der Waals surface area (Å²) in [5.74, 6) is 0.487. The SMILES string of the molecule is Nc1ccc(C2CN3CCC[C@@H]3c3ccccc32)cc1. The lowest BCUT2D eigenvalue weighted by molar-refractivity contribution is 0.230. The lowest BCUT2D eigenvalue weighted by Crippen LogP contribution is -2.34. The molecule has 0 saturated carbocycles. The van der Waals surface area contributed by atoms with Gasteiger partial charge < -0.3 is 5.73 Å². The summed E-state index contributed by atoms with van der Waals surface area (Å²) in [4.78, 5) is 2.66. The Morgan fingerprint density at radius 3 is 2.50 bits per heavy atom. The van der Waals surface area contributed by atoms with Crippen LogP contribution in [0.3, 0.4) is 0 Å². The zero-order valence-electron chi connectivity index (χ0n) is 11.6. The van der Waals surface area contributed by atoms with Gasteiger partial charge in [-0.05, 0) is 48.2 Å². The van der Waals surface area contributed by atoms with Gasteiger partial charge in [0.1, 0.15) is 0 Å². The molecule has 0 radical (unpaired) electrons. The highest BCUT2D eigenvalue weighted by Gasteiger charge is 2.35. The summed E-state index contributed by atoms with van der Waals surface area (Å²) in [6, 6.07) is 18.1. The second-order valence-corrected chi connectivity index (χ2v) is 6.00. The van der Waals surface area contributed by atoms with Crippen LogP contribution in [0.25, 0.3) is 0 Å². The number of fused-ring (bicyclic) bond motifs is 3.